The van der Waals surface area contributed by atoms with Gasteiger partial charge in [-0.2, -0.15) is 0 Å². The molecule has 2 aromatic carbocycles. The number of carbonyl (C=O) groups excluding carboxylic acids is 2. The van der Waals surface area contributed by atoms with Gasteiger partial charge in [-0.1, -0.05) is 60.7 Å². The van der Waals surface area contributed by atoms with E-state index in [1.54, 1.807) is 7.05 Å². The number of nitrogens with zero attached hydrogens (tertiary/aromatic N) is 1. The van der Waals surface area contributed by atoms with Crippen molar-refractivity contribution in [2.75, 3.05) is 7.05 Å². The Morgan fingerprint density at radius 2 is 1.41 bits per heavy atom. The maximum atomic E-state index is 13.1. The van der Waals surface area contributed by atoms with Crippen LogP contribution in [0.5, 0.6) is 5.75 Å². The SMILES string of the molecule is CNC(C)Cc1ncc(O)c(C(=O)OCc2ccccc2)c1C(=O)OCc1ccccc1. The second-order valence-electron chi connectivity index (χ2n) is 7.36. The summed E-state index contributed by atoms with van der Waals surface area (Å²) in [6, 6.07) is 18.3. The number of ether oxygens (including phenoxy) is 2. The third-order valence-corrected chi connectivity index (χ3v) is 4.96. The monoisotopic (exact) mass is 434 g/mol. The molecular formula is C25H26N2O5. The van der Waals surface area contributed by atoms with Gasteiger partial charge in [0, 0.05) is 12.5 Å². The maximum absolute atomic E-state index is 13.1. The molecule has 0 fully saturated rings. The molecule has 0 saturated carbocycles. The van der Waals surface area contributed by atoms with Crippen molar-refractivity contribution in [3.63, 3.8) is 0 Å². The average Bonchev–Trinajstić information content (AvgIpc) is 2.83. The van der Waals surface area contributed by atoms with E-state index in [-0.39, 0.29) is 30.4 Å². The number of aromatic nitrogens is 1. The van der Waals surface area contributed by atoms with E-state index in [2.05, 4.69) is 10.3 Å². The summed E-state index contributed by atoms with van der Waals surface area (Å²) in [4.78, 5) is 30.2. The second-order valence-corrected chi connectivity index (χ2v) is 7.36. The molecule has 0 aliphatic heterocycles. The third-order valence-electron chi connectivity index (χ3n) is 4.96. The van der Waals surface area contributed by atoms with Crippen LogP contribution in [0.2, 0.25) is 0 Å². The van der Waals surface area contributed by atoms with E-state index >= 15 is 0 Å². The molecule has 0 radical (unpaired) electrons. The standard InChI is InChI=1S/C25H26N2O5/c1-17(26-2)13-20-22(24(29)31-15-18-9-5-3-6-10-18)23(21(28)14-27-20)25(30)32-16-19-11-7-4-8-12-19/h3-12,14,17,26,28H,13,15-16H2,1-2H3. The number of nitrogens with one attached hydrogen (secondary N) is 1. The molecule has 7 nitrogen and oxygen atoms in total. The molecule has 3 aromatic rings. The zero-order valence-corrected chi connectivity index (χ0v) is 18.1. The van der Waals surface area contributed by atoms with Crippen LogP contribution in [-0.4, -0.2) is 35.1 Å². The maximum Gasteiger partial charge on any atom is 0.343 e. The van der Waals surface area contributed by atoms with Crippen molar-refractivity contribution in [1.29, 1.82) is 0 Å². The summed E-state index contributed by atoms with van der Waals surface area (Å²) in [5.74, 6) is -2.00. The molecule has 1 unspecified atom stereocenters. The summed E-state index contributed by atoms with van der Waals surface area (Å²) in [7, 11) is 1.79. The molecule has 0 saturated heterocycles. The Balaban J connectivity index is 1.90. The van der Waals surface area contributed by atoms with Crippen molar-refractivity contribution in [3.05, 3.63) is 94.8 Å². The van der Waals surface area contributed by atoms with Crippen LogP contribution >= 0.6 is 0 Å². The van der Waals surface area contributed by atoms with Crippen LogP contribution in [0.1, 0.15) is 44.5 Å². The van der Waals surface area contributed by atoms with Gasteiger partial charge >= 0.3 is 11.9 Å². The van der Waals surface area contributed by atoms with Crippen LogP contribution in [-0.2, 0) is 29.1 Å². The van der Waals surface area contributed by atoms with Gasteiger partial charge in [0.25, 0.3) is 0 Å². The third kappa shape index (κ3) is 5.92. The summed E-state index contributed by atoms with van der Waals surface area (Å²) in [6.07, 6.45) is 1.51. The van der Waals surface area contributed by atoms with E-state index in [9.17, 15) is 14.7 Å². The Hall–Kier alpha value is -3.71. The molecule has 1 heterocycles. The highest BCUT2D eigenvalue weighted by atomic mass is 16.5. The number of rotatable bonds is 9. The lowest BCUT2D eigenvalue weighted by Crippen LogP contribution is -2.26. The highest BCUT2D eigenvalue weighted by Gasteiger charge is 2.28. The van der Waals surface area contributed by atoms with Gasteiger partial charge in [-0.05, 0) is 25.1 Å². The van der Waals surface area contributed by atoms with Crippen LogP contribution in [0, 0.1) is 0 Å². The predicted molar refractivity (Wildman–Crippen MR) is 119 cm³/mol. The minimum Gasteiger partial charge on any atom is -0.505 e. The number of esters is 2. The smallest absolute Gasteiger partial charge is 0.343 e. The first-order valence-electron chi connectivity index (χ1n) is 10.3. The van der Waals surface area contributed by atoms with Crippen molar-refractivity contribution >= 4 is 11.9 Å². The zero-order valence-electron chi connectivity index (χ0n) is 18.1. The quantitative estimate of drug-likeness (QED) is 0.496. The van der Waals surface area contributed by atoms with Gasteiger partial charge in [0.2, 0.25) is 0 Å². The van der Waals surface area contributed by atoms with Crippen molar-refractivity contribution in [3.8, 4) is 5.75 Å². The molecular weight excluding hydrogens is 408 g/mol. The lowest BCUT2D eigenvalue weighted by Gasteiger charge is -2.17. The highest BCUT2D eigenvalue weighted by molar-refractivity contribution is 6.05. The Kier molecular flexibility index (Phi) is 7.94. The first kappa shape index (κ1) is 23.0. The van der Waals surface area contributed by atoms with E-state index in [0.717, 1.165) is 17.3 Å². The van der Waals surface area contributed by atoms with Gasteiger partial charge in [-0.25, -0.2) is 9.59 Å². The predicted octanol–water partition coefficient (Wildman–Crippen LogP) is 3.65. The van der Waals surface area contributed by atoms with Gasteiger partial charge in [0.15, 0.2) is 0 Å². The topological polar surface area (TPSA) is 97.8 Å². The number of hydrogen-bond donors (Lipinski definition) is 2. The van der Waals surface area contributed by atoms with E-state index in [1.165, 1.54) is 0 Å². The Morgan fingerprint density at radius 3 is 1.91 bits per heavy atom. The van der Waals surface area contributed by atoms with Crippen LogP contribution in [0.4, 0.5) is 0 Å². The van der Waals surface area contributed by atoms with Gasteiger partial charge in [-0.15, -0.1) is 0 Å². The Morgan fingerprint density at radius 1 is 0.906 bits per heavy atom. The fourth-order valence-electron chi connectivity index (χ4n) is 3.10. The molecule has 32 heavy (non-hydrogen) atoms. The van der Waals surface area contributed by atoms with Crippen molar-refractivity contribution in [2.24, 2.45) is 0 Å². The summed E-state index contributed by atoms with van der Waals surface area (Å²) >= 11 is 0. The van der Waals surface area contributed by atoms with Crippen molar-refractivity contribution < 1.29 is 24.2 Å². The Labute approximate surface area is 187 Å². The molecule has 0 amide bonds. The summed E-state index contributed by atoms with van der Waals surface area (Å²) in [5, 5.41) is 13.5. The fraction of sp³-hybridized carbons (Fsp3) is 0.240. The largest absolute Gasteiger partial charge is 0.505 e. The van der Waals surface area contributed by atoms with Crippen LogP contribution in [0.3, 0.4) is 0 Å². The molecule has 7 heteroatoms. The molecule has 1 atom stereocenters. The number of benzene rings is 2. The lowest BCUT2D eigenvalue weighted by atomic mass is 10.0. The second kappa shape index (κ2) is 11.1. The van der Waals surface area contributed by atoms with Crippen LogP contribution < -0.4 is 5.32 Å². The van der Waals surface area contributed by atoms with Crippen LogP contribution in [0.25, 0.3) is 0 Å². The van der Waals surface area contributed by atoms with E-state index in [0.29, 0.717) is 12.1 Å². The molecule has 166 valence electrons. The molecule has 0 aliphatic carbocycles. The minimum atomic E-state index is -0.821. The first-order valence-corrected chi connectivity index (χ1v) is 10.3. The summed E-state index contributed by atoms with van der Waals surface area (Å²) < 4.78 is 10.8. The first-order chi connectivity index (χ1) is 15.5. The molecule has 0 bridgehead atoms. The number of hydrogen-bond acceptors (Lipinski definition) is 7. The molecule has 1 aromatic heterocycles. The van der Waals surface area contributed by atoms with Gasteiger partial charge in [-0.3, -0.25) is 4.98 Å². The van der Waals surface area contributed by atoms with Crippen molar-refractivity contribution in [1.82, 2.24) is 10.3 Å². The number of aromatic hydroxyl groups is 1. The molecule has 3 rings (SSSR count). The lowest BCUT2D eigenvalue weighted by molar-refractivity contribution is 0.0420. The summed E-state index contributed by atoms with van der Waals surface area (Å²) in [6.45, 7) is 1.94. The van der Waals surface area contributed by atoms with Gasteiger partial charge in [0.1, 0.15) is 24.5 Å². The molecule has 0 aliphatic rings. The number of carbonyl (C=O) groups is 2. The summed E-state index contributed by atoms with van der Waals surface area (Å²) in [5.41, 5.74) is 1.60. The molecule has 2 N–H and O–H groups in total. The minimum absolute atomic E-state index is 0.00217. The van der Waals surface area contributed by atoms with Gasteiger partial charge < -0.3 is 19.9 Å². The number of pyridine rings is 1. The van der Waals surface area contributed by atoms with E-state index in [4.69, 9.17) is 9.47 Å². The zero-order chi connectivity index (χ0) is 22.9. The van der Waals surface area contributed by atoms with E-state index < -0.39 is 17.7 Å². The molecule has 0 spiro atoms. The van der Waals surface area contributed by atoms with Crippen molar-refractivity contribution in [2.45, 2.75) is 32.6 Å². The van der Waals surface area contributed by atoms with Gasteiger partial charge in [0.05, 0.1) is 17.5 Å². The normalized spacial score (nSPS) is 11.6. The fourth-order valence-corrected chi connectivity index (χ4v) is 3.10. The average molecular weight is 434 g/mol. The van der Waals surface area contributed by atoms with E-state index in [1.807, 2.05) is 67.6 Å². The van der Waals surface area contributed by atoms with Crippen LogP contribution in [0.15, 0.2) is 66.9 Å². The highest BCUT2D eigenvalue weighted by Crippen LogP contribution is 2.26. The number of likely N-dealkylation sites (N-methyl/N-ethyl adjacent to an activating group) is 1. The Bertz CT molecular complexity index is 1050.